The number of amides is 1. The van der Waals surface area contributed by atoms with Crippen molar-refractivity contribution in [3.05, 3.63) is 52.6 Å². The first-order valence-electron chi connectivity index (χ1n) is 8.36. The van der Waals surface area contributed by atoms with Gasteiger partial charge in [0.1, 0.15) is 5.82 Å². The Balaban J connectivity index is 1.80. The minimum Gasteiger partial charge on any atom is -0.319 e. The molecule has 4 rings (SSSR count). The molecule has 1 aliphatic rings. The zero-order chi connectivity index (χ0) is 17.7. The first-order chi connectivity index (χ1) is 11.9. The largest absolute Gasteiger partial charge is 0.319 e. The van der Waals surface area contributed by atoms with Crippen molar-refractivity contribution in [1.82, 2.24) is 14.8 Å². The lowest BCUT2D eigenvalue weighted by Crippen LogP contribution is -2.14. The molecule has 2 heterocycles. The highest BCUT2D eigenvalue weighted by Crippen LogP contribution is 2.40. The highest BCUT2D eigenvalue weighted by Gasteiger charge is 2.28. The standard InChI is InChI=1S/C19H19FN4O/c1-10-4-7-15(14(20)8-10)22-19(25)13-9-16(12-5-6-12)21-18-17(13)11(2)23-24(18)3/h4,7-9,12H,5-6H2,1-3H3,(H,22,25). The fraction of sp³-hybridized carbons (Fsp3) is 0.316. The molecule has 1 aliphatic carbocycles. The Labute approximate surface area is 144 Å². The number of benzene rings is 1. The van der Waals surface area contributed by atoms with E-state index < -0.39 is 5.82 Å². The van der Waals surface area contributed by atoms with Gasteiger partial charge in [0.2, 0.25) is 0 Å². The zero-order valence-corrected chi connectivity index (χ0v) is 14.4. The SMILES string of the molecule is Cc1ccc(NC(=O)c2cc(C3CC3)nc3c2c(C)nn3C)c(F)c1. The number of anilines is 1. The molecule has 1 saturated carbocycles. The van der Waals surface area contributed by atoms with Crippen LogP contribution in [-0.2, 0) is 7.05 Å². The van der Waals surface area contributed by atoms with E-state index in [-0.39, 0.29) is 11.6 Å². The van der Waals surface area contributed by atoms with E-state index in [9.17, 15) is 9.18 Å². The number of rotatable bonds is 3. The van der Waals surface area contributed by atoms with Crippen LogP contribution in [0.4, 0.5) is 10.1 Å². The Morgan fingerprint density at radius 1 is 1.28 bits per heavy atom. The second-order valence-corrected chi connectivity index (χ2v) is 6.71. The zero-order valence-electron chi connectivity index (χ0n) is 14.4. The molecule has 0 unspecified atom stereocenters. The van der Waals surface area contributed by atoms with Crippen LogP contribution >= 0.6 is 0 Å². The van der Waals surface area contributed by atoms with Gasteiger partial charge < -0.3 is 5.32 Å². The van der Waals surface area contributed by atoms with Crippen LogP contribution in [0.1, 0.15) is 46.1 Å². The van der Waals surface area contributed by atoms with Crippen molar-refractivity contribution in [1.29, 1.82) is 0 Å². The average molecular weight is 338 g/mol. The number of aromatic nitrogens is 3. The smallest absolute Gasteiger partial charge is 0.256 e. The maximum absolute atomic E-state index is 14.1. The maximum atomic E-state index is 14.1. The van der Waals surface area contributed by atoms with E-state index in [2.05, 4.69) is 15.4 Å². The minimum atomic E-state index is -0.441. The Morgan fingerprint density at radius 3 is 2.72 bits per heavy atom. The van der Waals surface area contributed by atoms with E-state index in [0.717, 1.165) is 35.2 Å². The van der Waals surface area contributed by atoms with E-state index in [1.165, 1.54) is 6.07 Å². The Hall–Kier alpha value is -2.76. The molecule has 2 aromatic heterocycles. The number of fused-ring (bicyclic) bond motifs is 1. The molecular formula is C19H19FN4O. The molecule has 1 amide bonds. The Bertz CT molecular complexity index is 1000. The number of nitrogens with zero attached hydrogens (tertiary/aromatic N) is 3. The predicted molar refractivity (Wildman–Crippen MR) is 94.3 cm³/mol. The fourth-order valence-corrected chi connectivity index (χ4v) is 3.14. The first-order valence-corrected chi connectivity index (χ1v) is 8.36. The molecule has 5 nitrogen and oxygen atoms in total. The summed E-state index contributed by atoms with van der Waals surface area (Å²) < 4.78 is 15.8. The van der Waals surface area contributed by atoms with Gasteiger partial charge in [0.15, 0.2) is 5.65 Å². The van der Waals surface area contributed by atoms with Gasteiger partial charge in [-0.25, -0.2) is 9.37 Å². The summed E-state index contributed by atoms with van der Waals surface area (Å²) in [5.74, 6) is -0.376. The molecule has 1 fully saturated rings. The monoisotopic (exact) mass is 338 g/mol. The van der Waals surface area contributed by atoms with Crippen molar-refractivity contribution < 1.29 is 9.18 Å². The van der Waals surface area contributed by atoms with Crippen molar-refractivity contribution in [2.24, 2.45) is 7.05 Å². The van der Waals surface area contributed by atoms with Crippen LogP contribution in [0.3, 0.4) is 0 Å². The number of hydrogen-bond acceptors (Lipinski definition) is 3. The molecule has 25 heavy (non-hydrogen) atoms. The Kier molecular flexibility index (Phi) is 3.56. The summed E-state index contributed by atoms with van der Waals surface area (Å²) in [4.78, 5) is 17.6. The summed E-state index contributed by atoms with van der Waals surface area (Å²) in [5.41, 5.74) is 3.82. The normalized spacial score (nSPS) is 14.1. The lowest BCUT2D eigenvalue weighted by molar-refractivity contribution is 0.102. The molecule has 1 aromatic carbocycles. The second-order valence-electron chi connectivity index (χ2n) is 6.71. The summed E-state index contributed by atoms with van der Waals surface area (Å²) in [5, 5.41) is 7.80. The van der Waals surface area contributed by atoms with E-state index in [1.807, 2.05) is 27.0 Å². The predicted octanol–water partition coefficient (Wildman–Crippen LogP) is 3.85. The van der Waals surface area contributed by atoms with Gasteiger partial charge in [-0.15, -0.1) is 0 Å². The van der Waals surface area contributed by atoms with Crippen molar-refractivity contribution >= 4 is 22.6 Å². The molecule has 128 valence electrons. The lowest BCUT2D eigenvalue weighted by Gasteiger charge is -2.10. The lowest BCUT2D eigenvalue weighted by atomic mass is 10.1. The van der Waals surface area contributed by atoms with Crippen molar-refractivity contribution in [3.63, 3.8) is 0 Å². The van der Waals surface area contributed by atoms with Crippen molar-refractivity contribution in [2.45, 2.75) is 32.6 Å². The van der Waals surface area contributed by atoms with Crippen LogP contribution in [-0.4, -0.2) is 20.7 Å². The highest BCUT2D eigenvalue weighted by atomic mass is 19.1. The van der Waals surface area contributed by atoms with Crippen LogP contribution in [0.25, 0.3) is 11.0 Å². The van der Waals surface area contributed by atoms with Gasteiger partial charge in [-0.3, -0.25) is 9.48 Å². The third-order valence-corrected chi connectivity index (χ3v) is 4.60. The van der Waals surface area contributed by atoms with Gasteiger partial charge in [0.05, 0.1) is 22.3 Å². The Morgan fingerprint density at radius 2 is 2.04 bits per heavy atom. The number of aryl methyl sites for hydroxylation is 3. The topological polar surface area (TPSA) is 59.8 Å². The van der Waals surface area contributed by atoms with Crippen LogP contribution < -0.4 is 5.32 Å². The van der Waals surface area contributed by atoms with Gasteiger partial charge in [-0.05, 0) is 50.5 Å². The van der Waals surface area contributed by atoms with E-state index in [4.69, 9.17) is 0 Å². The quantitative estimate of drug-likeness (QED) is 0.789. The van der Waals surface area contributed by atoms with Crippen LogP contribution in [0.2, 0.25) is 0 Å². The van der Waals surface area contributed by atoms with Crippen LogP contribution in [0.5, 0.6) is 0 Å². The molecule has 0 radical (unpaired) electrons. The van der Waals surface area contributed by atoms with Gasteiger partial charge in [0, 0.05) is 18.7 Å². The molecule has 0 bridgehead atoms. The van der Waals surface area contributed by atoms with Gasteiger partial charge >= 0.3 is 0 Å². The van der Waals surface area contributed by atoms with E-state index >= 15 is 0 Å². The molecule has 0 saturated heterocycles. The third-order valence-electron chi connectivity index (χ3n) is 4.60. The first kappa shape index (κ1) is 15.7. The number of carbonyl (C=O) groups excluding carboxylic acids is 1. The van der Waals surface area contributed by atoms with Crippen LogP contribution in [0.15, 0.2) is 24.3 Å². The molecule has 0 spiro atoms. The van der Waals surface area contributed by atoms with Gasteiger partial charge in [-0.1, -0.05) is 6.07 Å². The summed E-state index contributed by atoms with van der Waals surface area (Å²) >= 11 is 0. The number of halogens is 1. The van der Waals surface area contributed by atoms with E-state index in [0.29, 0.717) is 17.1 Å². The number of nitrogens with one attached hydrogen (secondary N) is 1. The molecule has 0 aliphatic heterocycles. The number of carbonyl (C=O) groups is 1. The molecule has 6 heteroatoms. The number of pyridine rings is 1. The minimum absolute atomic E-state index is 0.176. The molecule has 3 aromatic rings. The maximum Gasteiger partial charge on any atom is 0.256 e. The fourth-order valence-electron chi connectivity index (χ4n) is 3.14. The van der Waals surface area contributed by atoms with Crippen molar-refractivity contribution in [3.8, 4) is 0 Å². The average Bonchev–Trinajstić information content (AvgIpc) is 3.37. The summed E-state index contributed by atoms with van der Waals surface area (Å²) in [6.45, 7) is 3.66. The molecule has 0 atom stereocenters. The highest BCUT2D eigenvalue weighted by molar-refractivity contribution is 6.12. The van der Waals surface area contributed by atoms with Crippen molar-refractivity contribution in [2.75, 3.05) is 5.32 Å². The van der Waals surface area contributed by atoms with Crippen LogP contribution in [0, 0.1) is 19.7 Å². The summed E-state index contributed by atoms with van der Waals surface area (Å²) in [6.07, 6.45) is 2.17. The summed E-state index contributed by atoms with van der Waals surface area (Å²) in [7, 11) is 1.82. The molecular weight excluding hydrogens is 319 g/mol. The van der Waals surface area contributed by atoms with E-state index in [1.54, 1.807) is 16.8 Å². The summed E-state index contributed by atoms with van der Waals surface area (Å²) in [6, 6.07) is 6.59. The second kappa shape index (κ2) is 5.65. The third kappa shape index (κ3) is 2.77. The van der Waals surface area contributed by atoms with Gasteiger partial charge in [0.25, 0.3) is 5.91 Å². The molecule has 1 N–H and O–H groups in total. The van der Waals surface area contributed by atoms with Gasteiger partial charge in [-0.2, -0.15) is 5.10 Å². The number of hydrogen-bond donors (Lipinski definition) is 1.